The van der Waals surface area contributed by atoms with Crippen molar-refractivity contribution in [1.29, 1.82) is 0 Å². The Morgan fingerprint density at radius 1 is 1.36 bits per heavy atom. The van der Waals surface area contributed by atoms with E-state index in [1.807, 2.05) is 36.4 Å². The van der Waals surface area contributed by atoms with Crippen LogP contribution in [-0.4, -0.2) is 25.5 Å². The molecule has 0 aromatic heterocycles. The molecule has 0 saturated carbocycles. The van der Waals surface area contributed by atoms with Gasteiger partial charge in [0.05, 0.1) is 12.8 Å². The van der Waals surface area contributed by atoms with Gasteiger partial charge in [0, 0.05) is 5.56 Å². The van der Waals surface area contributed by atoms with Crippen LogP contribution in [-0.2, 0) is 4.74 Å². The minimum atomic E-state index is -0.606. The summed E-state index contributed by atoms with van der Waals surface area (Å²) in [6.45, 7) is 2.16. The van der Waals surface area contributed by atoms with Crippen LogP contribution in [0, 0.1) is 12.3 Å². The predicted octanol–water partition coefficient (Wildman–Crippen LogP) is 2.93. The molecule has 1 N–H and O–H groups in total. The van der Waals surface area contributed by atoms with E-state index in [0.717, 1.165) is 16.3 Å². The minimum Gasteiger partial charge on any atom is -0.480 e. The number of terminal acetylenes is 1. The fourth-order valence-electron chi connectivity index (χ4n) is 1.97. The molecule has 0 heterocycles. The summed E-state index contributed by atoms with van der Waals surface area (Å²) in [6.07, 6.45) is 6.14. The predicted molar refractivity (Wildman–Crippen MR) is 86.0 cm³/mol. The van der Waals surface area contributed by atoms with Crippen LogP contribution < -0.4 is 10.2 Å². The zero-order chi connectivity index (χ0) is 15.8. The SMILES string of the molecule is C#CCOc1ccc2ccccc2c1/C=N\NC(=O)OCC. The van der Waals surface area contributed by atoms with E-state index in [2.05, 4.69) is 16.4 Å². The number of benzene rings is 2. The van der Waals surface area contributed by atoms with Crippen molar-refractivity contribution in [3.63, 3.8) is 0 Å². The van der Waals surface area contributed by atoms with Gasteiger partial charge in [-0.15, -0.1) is 6.42 Å². The number of nitrogens with zero attached hydrogens (tertiary/aromatic N) is 1. The highest BCUT2D eigenvalue weighted by Gasteiger charge is 2.07. The molecule has 5 nitrogen and oxygen atoms in total. The first kappa shape index (κ1) is 15.4. The second-order valence-corrected chi connectivity index (χ2v) is 4.28. The third-order valence-electron chi connectivity index (χ3n) is 2.87. The van der Waals surface area contributed by atoms with E-state index in [1.54, 1.807) is 6.92 Å². The van der Waals surface area contributed by atoms with Crippen molar-refractivity contribution in [3.8, 4) is 18.1 Å². The lowest BCUT2D eigenvalue weighted by molar-refractivity contribution is 0.152. The lowest BCUT2D eigenvalue weighted by Crippen LogP contribution is -2.18. The summed E-state index contributed by atoms with van der Waals surface area (Å²) in [5.41, 5.74) is 3.03. The van der Waals surface area contributed by atoms with Crippen molar-refractivity contribution in [1.82, 2.24) is 5.43 Å². The number of fused-ring (bicyclic) bond motifs is 1. The number of ether oxygens (including phenoxy) is 2. The van der Waals surface area contributed by atoms with Gasteiger partial charge in [-0.3, -0.25) is 0 Å². The number of carbonyl (C=O) groups is 1. The van der Waals surface area contributed by atoms with Crippen molar-refractivity contribution in [2.45, 2.75) is 6.92 Å². The smallest absolute Gasteiger partial charge is 0.427 e. The van der Waals surface area contributed by atoms with Crippen molar-refractivity contribution >= 4 is 23.1 Å². The molecular weight excluding hydrogens is 280 g/mol. The van der Waals surface area contributed by atoms with Crippen LogP contribution in [0.4, 0.5) is 4.79 Å². The van der Waals surface area contributed by atoms with Gasteiger partial charge < -0.3 is 9.47 Å². The summed E-state index contributed by atoms with van der Waals surface area (Å²) >= 11 is 0. The fourth-order valence-corrected chi connectivity index (χ4v) is 1.97. The van der Waals surface area contributed by atoms with E-state index >= 15 is 0 Å². The monoisotopic (exact) mass is 296 g/mol. The van der Waals surface area contributed by atoms with Crippen LogP contribution in [0.2, 0.25) is 0 Å². The average molecular weight is 296 g/mol. The Kier molecular flexibility index (Phi) is 5.38. The van der Waals surface area contributed by atoms with Gasteiger partial charge in [0.25, 0.3) is 0 Å². The van der Waals surface area contributed by atoms with Gasteiger partial charge in [0.15, 0.2) is 0 Å². The molecule has 0 aliphatic carbocycles. The Labute approximate surface area is 128 Å². The fraction of sp³-hybridized carbons (Fsp3) is 0.176. The normalized spacial score (nSPS) is 10.4. The minimum absolute atomic E-state index is 0.157. The van der Waals surface area contributed by atoms with Gasteiger partial charge in [-0.25, -0.2) is 10.2 Å². The topological polar surface area (TPSA) is 59.9 Å². The molecule has 5 heteroatoms. The number of carbonyl (C=O) groups excluding carboxylic acids is 1. The highest BCUT2D eigenvalue weighted by Crippen LogP contribution is 2.26. The van der Waals surface area contributed by atoms with Crippen molar-refractivity contribution in [2.24, 2.45) is 5.10 Å². The summed E-state index contributed by atoms with van der Waals surface area (Å²) in [4.78, 5) is 11.2. The van der Waals surface area contributed by atoms with Crippen molar-refractivity contribution in [3.05, 3.63) is 42.0 Å². The molecule has 0 radical (unpaired) electrons. The van der Waals surface area contributed by atoms with E-state index in [1.165, 1.54) is 6.21 Å². The average Bonchev–Trinajstić information content (AvgIpc) is 2.54. The van der Waals surface area contributed by atoms with Crippen LogP contribution in [0.15, 0.2) is 41.5 Å². The van der Waals surface area contributed by atoms with Crippen LogP contribution in [0.1, 0.15) is 12.5 Å². The molecule has 22 heavy (non-hydrogen) atoms. The zero-order valence-electron chi connectivity index (χ0n) is 12.2. The van der Waals surface area contributed by atoms with Gasteiger partial charge >= 0.3 is 6.09 Å². The number of hydrogen-bond donors (Lipinski definition) is 1. The van der Waals surface area contributed by atoms with Gasteiger partial charge in [0.2, 0.25) is 0 Å². The van der Waals surface area contributed by atoms with E-state index in [-0.39, 0.29) is 13.2 Å². The number of nitrogens with one attached hydrogen (secondary N) is 1. The number of hydrogen-bond acceptors (Lipinski definition) is 4. The Morgan fingerprint density at radius 3 is 2.95 bits per heavy atom. The van der Waals surface area contributed by atoms with Gasteiger partial charge in [0.1, 0.15) is 12.4 Å². The van der Waals surface area contributed by atoms with Crippen molar-refractivity contribution < 1.29 is 14.3 Å². The summed E-state index contributed by atoms with van der Waals surface area (Å²) in [6, 6.07) is 11.6. The summed E-state index contributed by atoms with van der Waals surface area (Å²) in [5, 5.41) is 5.88. The first-order chi connectivity index (χ1) is 10.8. The molecule has 0 atom stereocenters. The molecule has 0 bridgehead atoms. The van der Waals surface area contributed by atoms with Crippen LogP contribution in [0.3, 0.4) is 0 Å². The molecular formula is C17H16N2O3. The standard InChI is InChI=1S/C17H16N2O3/c1-3-11-22-16-10-9-13-7-5-6-8-14(13)15(16)12-18-19-17(20)21-4-2/h1,5-10,12H,4,11H2,2H3,(H,19,20)/b18-12-. The molecule has 0 aliphatic rings. The molecule has 0 aliphatic heterocycles. The molecule has 0 unspecified atom stereocenters. The Hall–Kier alpha value is -3.00. The third kappa shape index (κ3) is 3.76. The van der Waals surface area contributed by atoms with E-state index in [9.17, 15) is 4.79 Å². The van der Waals surface area contributed by atoms with Gasteiger partial charge in [-0.1, -0.05) is 36.3 Å². The molecule has 0 spiro atoms. The van der Waals surface area contributed by atoms with E-state index < -0.39 is 6.09 Å². The van der Waals surface area contributed by atoms with Crippen LogP contribution >= 0.6 is 0 Å². The lowest BCUT2D eigenvalue weighted by atomic mass is 10.0. The molecule has 1 amide bonds. The Balaban J connectivity index is 2.33. The van der Waals surface area contributed by atoms with Crippen LogP contribution in [0.5, 0.6) is 5.75 Å². The number of amides is 1. The largest absolute Gasteiger partial charge is 0.480 e. The van der Waals surface area contributed by atoms with Crippen molar-refractivity contribution in [2.75, 3.05) is 13.2 Å². The highest BCUT2D eigenvalue weighted by atomic mass is 16.5. The molecule has 2 rings (SSSR count). The Bertz CT molecular complexity index is 732. The second-order valence-electron chi connectivity index (χ2n) is 4.28. The lowest BCUT2D eigenvalue weighted by Gasteiger charge is -2.09. The highest BCUT2D eigenvalue weighted by molar-refractivity contribution is 6.02. The summed E-state index contributed by atoms with van der Waals surface area (Å²) < 4.78 is 10.3. The molecule has 2 aromatic rings. The molecule has 0 fully saturated rings. The van der Waals surface area contributed by atoms with Crippen LogP contribution in [0.25, 0.3) is 10.8 Å². The Morgan fingerprint density at radius 2 is 2.18 bits per heavy atom. The molecule has 112 valence electrons. The zero-order valence-corrected chi connectivity index (χ0v) is 12.2. The first-order valence-electron chi connectivity index (χ1n) is 6.80. The second kappa shape index (κ2) is 7.70. The number of rotatable bonds is 5. The summed E-state index contributed by atoms with van der Waals surface area (Å²) in [7, 11) is 0. The summed E-state index contributed by atoms with van der Waals surface area (Å²) in [5.74, 6) is 3.03. The third-order valence-corrected chi connectivity index (χ3v) is 2.87. The number of hydrazone groups is 1. The molecule has 0 saturated heterocycles. The maximum atomic E-state index is 11.2. The maximum Gasteiger partial charge on any atom is 0.427 e. The van der Waals surface area contributed by atoms with Gasteiger partial charge in [-0.05, 0) is 23.8 Å². The van der Waals surface area contributed by atoms with E-state index in [0.29, 0.717) is 5.75 Å². The first-order valence-corrected chi connectivity index (χ1v) is 6.80. The quantitative estimate of drug-likeness (QED) is 0.524. The van der Waals surface area contributed by atoms with E-state index in [4.69, 9.17) is 15.9 Å². The van der Waals surface area contributed by atoms with Gasteiger partial charge in [-0.2, -0.15) is 5.10 Å². The maximum absolute atomic E-state index is 11.2. The molecule has 2 aromatic carbocycles.